The van der Waals surface area contributed by atoms with Gasteiger partial charge in [0.25, 0.3) is 0 Å². The smallest absolute Gasteiger partial charge is 0.0701 e. The first-order valence-electron chi connectivity index (χ1n) is 6.57. The molecule has 5 nitrogen and oxygen atoms in total. The number of aliphatic hydroxyl groups excluding tert-OH is 1. The molecule has 0 aromatic heterocycles. The number of hydrogen-bond donors (Lipinski definition) is 2. The lowest BCUT2D eigenvalue weighted by atomic mass is 10.0. The van der Waals surface area contributed by atoms with E-state index in [9.17, 15) is 5.11 Å². The van der Waals surface area contributed by atoms with Crippen molar-refractivity contribution in [3.8, 4) is 0 Å². The van der Waals surface area contributed by atoms with Crippen LogP contribution in [0.25, 0.3) is 0 Å². The zero-order chi connectivity index (χ0) is 13.9. The molecule has 110 valence electrons. The van der Waals surface area contributed by atoms with Crippen LogP contribution >= 0.6 is 0 Å². The molecule has 0 rings (SSSR count). The first-order valence-corrected chi connectivity index (χ1v) is 6.57. The number of rotatable bonds is 12. The van der Waals surface area contributed by atoms with Crippen molar-refractivity contribution in [3.63, 3.8) is 0 Å². The van der Waals surface area contributed by atoms with Crippen molar-refractivity contribution in [2.45, 2.75) is 38.8 Å². The standard InChI is InChI=1S/C13H29NO4/c1-12(2)14-13(3,10-15)11-18-9-8-17-7-5-6-16-4/h12,14-15H,5-11H2,1-4H3. The third-order valence-electron chi connectivity index (χ3n) is 2.42. The Balaban J connectivity index is 3.50. The fourth-order valence-corrected chi connectivity index (χ4v) is 1.65. The molecule has 0 aromatic rings. The van der Waals surface area contributed by atoms with Crippen molar-refractivity contribution in [1.82, 2.24) is 5.32 Å². The highest BCUT2D eigenvalue weighted by molar-refractivity contribution is 4.83. The number of aliphatic hydroxyl groups is 1. The molecule has 0 aliphatic heterocycles. The molecule has 5 heteroatoms. The normalized spacial score (nSPS) is 15.0. The van der Waals surface area contributed by atoms with Gasteiger partial charge in [-0.3, -0.25) is 0 Å². The third-order valence-corrected chi connectivity index (χ3v) is 2.42. The van der Waals surface area contributed by atoms with E-state index in [2.05, 4.69) is 5.32 Å². The summed E-state index contributed by atoms with van der Waals surface area (Å²) < 4.78 is 15.8. The van der Waals surface area contributed by atoms with Gasteiger partial charge in [0, 0.05) is 26.4 Å². The van der Waals surface area contributed by atoms with Crippen LogP contribution in [0.5, 0.6) is 0 Å². The van der Waals surface area contributed by atoms with E-state index in [-0.39, 0.29) is 12.1 Å². The highest BCUT2D eigenvalue weighted by Gasteiger charge is 2.23. The van der Waals surface area contributed by atoms with Crippen LogP contribution in [-0.4, -0.2) is 63.4 Å². The Hall–Kier alpha value is -0.200. The minimum atomic E-state index is -0.385. The first-order chi connectivity index (χ1) is 8.54. The predicted octanol–water partition coefficient (Wildman–Crippen LogP) is 0.805. The van der Waals surface area contributed by atoms with Crippen LogP contribution < -0.4 is 5.32 Å². The van der Waals surface area contributed by atoms with Gasteiger partial charge in [0.05, 0.1) is 32.0 Å². The van der Waals surface area contributed by atoms with E-state index in [1.807, 2.05) is 20.8 Å². The minimum absolute atomic E-state index is 0.0554. The van der Waals surface area contributed by atoms with Crippen LogP contribution in [0.4, 0.5) is 0 Å². The molecule has 0 heterocycles. The maximum atomic E-state index is 9.35. The second-order valence-corrected chi connectivity index (χ2v) is 5.03. The second kappa shape index (κ2) is 10.7. The fourth-order valence-electron chi connectivity index (χ4n) is 1.65. The lowest BCUT2D eigenvalue weighted by Crippen LogP contribution is -2.52. The summed E-state index contributed by atoms with van der Waals surface area (Å²) in [6, 6.07) is 0.316. The summed E-state index contributed by atoms with van der Waals surface area (Å²) in [4.78, 5) is 0. The van der Waals surface area contributed by atoms with Crippen LogP contribution in [0, 0.1) is 0 Å². The van der Waals surface area contributed by atoms with E-state index in [4.69, 9.17) is 14.2 Å². The zero-order valence-electron chi connectivity index (χ0n) is 12.2. The largest absolute Gasteiger partial charge is 0.394 e. The molecule has 0 aliphatic rings. The van der Waals surface area contributed by atoms with Crippen LogP contribution in [0.3, 0.4) is 0 Å². The highest BCUT2D eigenvalue weighted by Crippen LogP contribution is 2.05. The Morgan fingerprint density at radius 3 is 2.33 bits per heavy atom. The van der Waals surface area contributed by atoms with Crippen molar-refractivity contribution in [3.05, 3.63) is 0 Å². The lowest BCUT2D eigenvalue weighted by molar-refractivity contribution is 0.00341. The molecule has 0 spiro atoms. The molecule has 0 amide bonds. The molecule has 0 aromatic carbocycles. The van der Waals surface area contributed by atoms with Crippen LogP contribution in [0.15, 0.2) is 0 Å². The minimum Gasteiger partial charge on any atom is -0.394 e. The summed E-state index contributed by atoms with van der Waals surface area (Å²) in [5.41, 5.74) is -0.385. The Labute approximate surface area is 111 Å². The molecule has 0 saturated heterocycles. The first kappa shape index (κ1) is 17.8. The number of methoxy groups -OCH3 is 1. The molecule has 0 radical (unpaired) electrons. The van der Waals surface area contributed by atoms with Crippen LogP contribution in [0.2, 0.25) is 0 Å². The average Bonchev–Trinajstić information content (AvgIpc) is 2.32. The number of nitrogens with one attached hydrogen (secondary N) is 1. The van der Waals surface area contributed by atoms with Crippen molar-refractivity contribution >= 4 is 0 Å². The molecule has 0 saturated carbocycles. The summed E-state index contributed by atoms with van der Waals surface area (Å²) in [6.45, 7) is 9.12. The third kappa shape index (κ3) is 9.79. The molecule has 1 unspecified atom stereocenters. The summed E-state index contributed by atoms with van der Waals surface area (Å²) in [7, 11) is 1.68. The maximum Gasteiger partial charge on any atom is 0.0701 e. The topological polar surface area (TPSA) is 60.0 Å². The predicted molar refractivity (Wildman–Crippen MR) is 71.9 cm³/mol. The van der Waals surface area contributed by atoms with E-state index >= 15 is 0 Å². The van der Waals surface area contributed by atoms with Gasteiger partial charge in [-0.15, -0.1) is 0 Å². The summed E-state index contributed by atoms with van der Waals surface area (Å²) in [5.74, 6) is 0. The Kier molecular flexibility index (Phi) is 10.6. The van der Waals surface area contributed by atoms with Gasteiger partial charge in [0.1, 0.15) is 0 Å². The zero-order valence-corrected chi connectivity index (χ0v) is 12.2. The van der Waals surface area contributed by atoms with Gasteiger partial charge in [0.15, 0.2) is 0 Å². The van der Waals surface area contributed by atoms with E-state index in [0.717, 1.165) is 13.0 Å². The highest BCUT2D eigenvalue weighted by atomic mass is 16.5. The summed E-state index contributed by atoms with van der Waals surface area (Å²) >= 11 is 0. The van der Waals surface area contributed by atoms with E-state index in [1.165, 1.54) is 0 Å². The van der Waals surface area contributed by atoms with Crippen molar-refractivity contribution in [2.75, 3.05) is 46.8 Å². The van der Waals surface area contributed by atoms with Gasteiger partial charge in [0.2, 0.25) is 0 Å². The molecule has 1 atom stereocenters. The van der Waals surface area contributed by atoms with Gasteiger partial charge < -0.3 is 24.6 Å². The Morgan fingerprint density at radius 2 is 1.78 bits per heavy atom. The Bertz CT molecular complexity index is 190. The van der Waals surface area contributed by atoms with Crippen molar-refractivity contribution < 1.29 is 19.3 Å². The van der Waals surface area contributed by atoms with E-state index < -0.39 is 0 Å². The van der Waals surface area contributed by atoms with Crippen molar-refractivity contribution in [1.29, 1.82) is 0 Å². The number of ether oxygens (including phenoxy) is 3. The molecule has 0 bridgehead atoms. The fraction of sp³-hybridized carbons (Fsp3) is 1.00. The van der Waals surface area contributed by atoms with E-state index in [0.29, 0.717) is 32.5 Å². The van der Waals surface area contributed by atoms with Crippen molar-refractivity contribution in [2.24, 2.45) is 0 Å². The Morgan fingerprint density at radius 1 is 1.11 bits per heavy atom. The average molecular weight is 263 g/mol. The van der Waals surface area contributed by atoms with Crippen LogP contribution in [-0.2, 0) is 14.2 Å². The van der Waals surface area contributed by atoms with Crippen LogP contribution in [0.1, 0.15) is 27.2 Å². The quantitative estimate of drug-likeness (QED) is 0.510. The molecular formula is C13H29NO4. The van der Waals surface area contributed by atoms with Gasteiger partial charge in [-0.2, -0.15) is 0 Å². The number of hydrogen-bond acceptors (Lipinski definition) is 5. The van der Waals surface area contributed by atoms with Gasteiger partial charge in [-0.05, 0) is 13.3 Å². The molecule has 18 heavy (non-hydrogen) atoms. The second-order valence-electron chi connectivity index (χ2n) is 5.03. The summed E-state index contributed by atoms with van der Waals surface area (Å²) in [6.07, 6.45) is 0.903. The van der Waals surface area contributed by atoms with Gasteiger partial charge >= 0.3 is 0 Å². The molecule has 2 N–H and O–H groups in total. The molecule has 0 aliphatic carbocycles. The molecular weight excluding hydrogens is 234 g/mol. The molecule has 0 fully saturated rings. The summed E-state index contributed by atoms with van der Waals surface area (Å²) in [5, 5.41) is 12.6. The lowest BCUT2D eigenvalue weighted by Gasteiger charge is -2.30. The maximum absolute atomic E-state index is 9.35. The monoisotopic (exact) mass is 263 g/mol. The van der Waals surface area contributed by atoms with Gasteiger partial charge in [-0.25, -0.2) is 0 Å². The SMILES string of the molecule is COCCCOCCOCC(C)(CO)NC(C)C. The van der Waals surface area contributed by atoms with E-state index in [1.54, 1.807) is 7.11 Å². The van der Waals surface area contributed by atoms with Gasteiger partial charge in [-0.1, -0.05) is 13.8 Å².